The van der Waals surface area contributed by atoms with Gasteiger partial charge in [0.2, 0.25) is 0 Å². The van der Waals surface area contributed by atoms with Crippen molar-refractivity contribution in [2.45, 2.75) is 68.6 Å². The summed E-state index contributed by atoms with van der Waals surface area (Å²) >= 11 is 0. The maximum absolute atomic E-state index is 12.8. The van der Waals surface area contributed by atoms with Crippen molar-refractivity contribution in [2.75, 3.05) is 39.2 Å². The van der Waals surface area contributed by atoms with Crippen LogP contribution in [0.2, 0.25) is 0 Å². The summed E-state index contributed by atoms with van der Waals surface area (Å²) in [7, 11) is 1.50. The number of aliphatic hydroxyl groups excluding tert-OH is 6. The molecule has 16 nitrogen and oxygen atoms in total. The number of phenolic OH excluding ortho intramolecular Hbond substituents is 1. The number of esters is 2. The molecule has 5 unspecified atom stereocenters. The zero-order valence-electron chi connectivity index (χ0n) is 23.2. The number of benzene rings is 1. The lowest BCUT2D eigenvalue weighted by molar-refractivity contribution is -0.306. The fraction of sp³-hybridized carbons (Fsp3) is 0.692. The standard InChI is InChI=1S/C26H40N2O14/c1-3-11(8-38-23(35)13-6-12(27)4-5-15(13)30)9-39-25(37)22-20(33)19(32)21(34)26(42-22)40-10-14-17(28-2)24(36)41-16(7-29)18(14)31/h4-6,11,14,16-22,24,26,28-34,36H,3,7-10,27H2,1-2H3/t11?,14-,16?,17?,18-,19+,20-,21?,22?,24-,26-/m1/s1. The molecule has 2 aliphatic rings. The molecule has 11 atom stereocenters. The number of carbonyl (C=O) groups excluding carboxylic acids is 2. The molecule has 0 aromatic heterocycles. The summed E-state index contributed by atoms with van der Waals surface area (Å²) in [5.74, 6) is -3.59. The minimum atomic E-state index is -1.88. The van der Waals surface area contributed by atoms with E-state index in [0.717, 1.165) is 0 Å². The van der Waals surface area contributed by atoms with Crippen molar-refractivity contribution < 1.29 is 69.0 Å². The molecule has 2 heterocycles. The second kappa shape index (κ2) is 15.2. The molecule has 2 aliphatic heterocycles. The second-order valence-corrected chi connectivity index (χ2v) is 10.2. The number of nitrogens with two attached hydrogens (primary N) is 1. The largest absolute Gasteiger partial charge is 0.507 e. The van der Waals surface area contributed by atoms with Gasteiger partial charge in [0, 0.05) is 17.5 Å². The average Bonchev–Trinajstić information content (AvgIpc) is 2.97. The van der Waals surface area contributed by atoms with E-state index in [9.17, 15) is 45.3 Å². The number of aromatic hydroxyl groups is 1. The predicted octanol–water partition coefficient (Wildman–Crippen LogP) is -3.20. The summed E-state index contributed by atoms with van der Waals surface area (Å²) in [5.41, 5.74) is 5.76. The Morgan fingerprint density at radius 2 is 1.71 bits per heavy atom. The number of hydrogen-bond acceptors (Lipinski definition) is 16. The number of hydrogen-bond donors (Lipinski definition) is 9. The van der Waals surface area contributed by atoms with Crippen LogP contribution in [0.4, 0.5) is 5.69 Å². The van der Waals surface area contributed by atoms with Gasteiger partial charge in [-0.3, -0.25) is 0 Å². The number of ether oxygens (including phenoxy) is 5. The van der Waals surface area contributed by atoms with Crippen molar-refractivity contribution >= 4 is 17.6 Å². The Morgan fingerprint density at radius 3 is 2.36 bits per heavy atom. The molecule has 0 aliphatic carbocycles. The van der Waals surface area contributed by atoms with E-state index in [1.54, 1.807) is 6.92 Å². The van der Waals surface area contributed by atoms with Crippen LogP contribution in [0, 0.1) is 11.8 Å². The third-order valence-corrected chi connectivity index (χ3v) is 7.40. The van der Waals surface area contributed by atoms with Crippen LogP contribution in [0.3, 0.4) is 0 Å². The van der Waals surface area contributed by atoms with Crippen molar-refractivity contribution in [3.05, 3.63) is 23.8 Å². The van der Waals surface area contributed by atoms with E-state index in [0.29, 0.717) is 6.42 Å². The Bertz CT molecular complexity index is 1050. The molecule has 2 fully saturated rings. The quantitative estimate of drug-likeness (QED) is 0.0646. The first-order valence-electron chi connectivity index (χ1n) is 13.5. The maximum atomic E-state index is 12.8. The van der Waals surface area contributed by atoms with Crippen molar-refractivity contribution in [3.8, 4) is 5.75 Å². The van der Waals surface area contributed by atoms with Gasteiger partial charge in [0.05, 0.1) is 38.6 Å². The van der Waals surface area contributed by atoms with E-state index in [2.05, 4.69) is 5.32 Å². The van der Waals surface area contributed by atoms with Gasteiger partial charge in [-0.1, -0.05) is 6.92 Å². The van der Waals surface area contributed by atoms with Crippen LogP contribution in [-0.2, 0) is 28.5 Å². The summed E-state index contributed by atoms with van der Waals surface area (Å²) in [4.78, 5) is 25.2. The molecule has 2 saturated heterocycles. The molecule has 0 saturated carbocycles. The fourth-order valence-electron chi connectivity index (χ4n) is 4.69. The van der Waals surface area contributed by atoms with Crippen LogP contribution in [0.15, 0.2) is 18.2 Å². The van der Waals surface area contributed by atoms with Crippen molar-refractivity contribution in [2.24, 2.45) is 11.8 Å². The van der Waals surface area contributed by atoms with Crippen LogP contribution in [0.25, 0.3) is 0 Å². The highest BCUT2D eigenvalue weighted by atomic mass is 16.7. The van der Waals surface area contributed by atoms with E-state index < -0.39 is 85.6 Å². The molecule has 10 N–H and O–H groups in total. The van der Waals surface area contributed by atoms with Crippen molar-refractivity contribution in [3.63, 3.8) is 0 Å². The molecule has 0 bridgehead atoms. The van der Waals surface area contributed by atoms with Gasteiger partial charge in [-0.05, 0) is 31.7 Å². The number of phenols is 1. The van der Waals surface area contributed by atoms with Crippen LogP contribution in [-0.4, -0.2) is 136 Å². The summed E-state index contributed by atoms with van der Waals surface area (Å²) in [6.45, 7) is 0.344. The lowest BCUT2D eigenvalue weighted by Crippen LogP contribution is -2.63. The van der Waals surface area contributed by atoms with Gasteiger partial charge in [-0.2, -0.15) is 0 Å². The minimum absolute atomic E-state index is 0.130. The summed E-state index contributed by atoms with van der Waals surface area (Å²) < 4.78 is 26.6. The average molecular weight is 605 g/mol. The number of aliphatic hydroxyl groups is 6. The van der Waals surface area contributed by atoms with Crippen LogP contribution in [0.1, 0.15) is 23.7 Å². The zero-order chi connectivity index (χ0) is 31.1. The first-order valence-corrected chi connectivity index (χ1v) is 13.5. The smallest absolute Gasteiger partial charge is 0.341 e. The monoisotopic (exact) mass is 604 g/mol. The van der Waals surface area contributed by atoms with Crippen molar-refractivity contribution in [1.29, 1.82) is 0 Å². The second-order valence-electron chi connectivity index (χ2n) is 10.2. The van der Waals surface area contributed by atoms with E-state index in [4.69, 9.17) is 29.4 Å². The van der Waals surface area contributed by atoms with Gasteiger partial charge in [0.1, 0.15) is 35.7 Å². The van der Waals surface area contributed by atoms with Gasteiger partial charge in [0.15, 0.2) is 18.7 Å². The molecule has 1 aromatic rings. The van der Waals surface area contributed by atoms with Gasteiger partial charge in [-0.15, -0.1) is 0 Å². The topological polar surface area (TPSA) is 260 Å². The fourth-order valence-corrected chi connectivity index (χ4v) is 4.69. The summed E-state index contributed by atoms with van der Waals surface area (Å²) in [5, 5.41) is 74.0. The van der Waals surface area contributed by atoms with E-state index >= 15 is 0 Å². The highest BCUT2D eigenvalue weighted by molar-refractivity contribution is 5.93. The Labute approximate surface area is 241 Å². The number of nitrogen functional groups attached to an aromatic ring is 1. The molecule has 1 aromatic carbocycles. The molecule has 0 amide bonds. The first-order chi connectivity index (χ1) is 19.9. The highest BCUT2D eigenvalue weighted by Crippen LogP contribution is 2.29. The van der Waals surface area contributed by atoms with Gasteiger partial charge >= 0.3 is 11.9 Å². The minimum Gasteiger partial charge on any atom is -0.507 e. The van der Waals surface area contributed by atoms with Gasteiger partial charge < -0.3 is 70.5 Å². The zero-order valence-corrected chi connectivity index (χ0v) is 23.2. The number of anilines is 1. The molecule has 0 radical (unpaired) electrons. The van der Waals surface area contributed by atoms with Gasteiger partial charge in [-0.25, -0.2) is 9.59 Å². The Kier molecular flexibility index (Phi) is 12.2. The third-order valence-electron chi connectivity index (χ3n) is 7.40. The molecular weight excluding hydrogens is 564 g/mol. The number of rotatable bonds is 12. The van der Waals surface area contributed by atoms with E-state index in [1.165, 1.54) is 25.2 Å². The third kappa shape index (κ3) is 7.84. The number of carbonyl (C=O) groups is 2. The van der Waals surface area contributed by atoms with Crippen LogP contribution in [0.5, 0.6) is 5.75 Å². The lowest BCUT2D eigenvalue weighted by atomic mass is 9.88. The Balaban J connectivity index is 1.58. The molecule has 3 rings (SSSR count). The number of likely N-dealkylation sites (N-methyl/N-ethyl adjacent to an activating group) is 1. The van der Waals surface area contributed by atoms with E-state index in [-0.39, 0.29) is 36.8 Å². The summed E-state index contributed by atoms with van der Waals surface area (Å²) in [6, 6.07) is 3.08. The summed E-state index contributed by atoms with van der Waals surface area (Å²) in [6.07, 6.45) is -12.4. The molecule has 16 heteroatoms. The normalized spacial score (nSPS) is 34.0. The van der Waals surface area contributed by atoms with Crippen LogP contribution < -0.4 is 11.1 Å². The molecular formula is C26H40N2O14. The first kappa shape index (κ1) is 33.9. The predicted molar refractivity (Wildman–Crippen MR) is 140 cm³/mol. The highest BCUT2D eigenvalue weighted by Gasteiger charge is 2.50. The maximum Gasteiger partial charge on any atom is 0.341 e. The van der Waals surface area contributed by atoms with Gasteiger partial charge in [0.25, 0.3) is 0 Å². The van der Waals surface area contributed by atoms with E-state index in [1.807, 2.05) is 0 Å². The molecule has 42 heavy (non-hydrogen) atoms. The SMILES string of the molecule is CCC(COC(=O)c1cc(N)ccc1O)COC(=O)C1O[C@@H](OC[C@@H]2C(NC)[C@H](O)OC(CO)[C@@H]2O)C(O)[C@@H](O)[C@H]1O. The lowest BCUT2D eigenvalue weighted by Gasteiger charge is -2.44. The molecule has 0 spiro atoms. The Hall–Kier alpha value is -2.64. The van der Waals surface area contributed by atoms with Crippen LogP contribution >= 0.6 is 0 Å². The number of nitrogens with one attached hydrogen (secondary N) is 1. The Morgan fingerprint density at radius 1 is 1.02 bits per heavy atom. The van der Waals surface area contributed by atoms with Crippen molar-refractivity contribution in [1.82, 2.24) is 5.32 Å². The molecule has 238 valence electrons.